The van der Waals surface area contributed by atoms with Gasteiger partial charge in [-0.15, -0.1) is 13.2 Å². The third-order valence-electron chi connectivity index (χ3n) is 1.98. The molecule has 0 saturated carbocycles. The monoisotopic (exact) mass is 204 g/mol. The van der Waals surface area contributed by atoms with Crippen molar-refractivity contribution >= 4 is 0 Å². The zero-order chi connectivity index (χ0) is 11.1. The highest BCUT2D eigenvalue weighted by Crippen LogP contribution is 2.27. The lowest BCUT2D eigenvalue weighted by Gasteiger charge is -2.08. The number of hydrogen-bond acceptors (Lipinski definition) is 2. The van der Waals surface area contributed by atoms with Crippen molar-refractivity contribution in [2.24, 2.45) is 0 Å². The number of phenols is 1. The van der Waals surface area contributed by atoms with Crippen molar-refractivity contribution in [1.82, 2.24) is 0 Å². The molecule has 0 amide bonds. The topological polar surface area (TPSA) is 29.5 Å². The number of aromatic hydroxyl groups is 1. The molecule has 2 heteroatoms. The first-order valence-electron chi connectivity index (χ1n) is 4.94. The van der Waals surface area contributed by atoms with E-state index in [2.05, 4.69) is 13.2 Å². The molecule has 1 aromatic rings. The van der Waals surface area contributed by atoms with Crippen molar-refractivity contribution < 1.29 is 9.84 Å². The van der Waals surface area contributed by atoms with Crippen molar-refractivity contribution in [1.29, 1.82) is 0 Å². The summed E-state index contributed by atoms with van der Waals surface area (Å²) in [5.74, 6) is 0.697. The van der Waals surface area contributed by atoms with E-state index in [1.54, 1.807) is 12.1 Å². The molecule has 1 rings (SSSR count). The van der Waals surface area contributed by atoms with E-state index in [1.807, 2.05) is 18.2 Å². The van der Waals surface area contributed by atoms with Gasteiger partial charge in [0.05, 0.1) is 6.61 Å². The van der Waals surface area contributed by atoms with E-state index in [1.165, 1.54) is 0 Å². The summed E-state index contributed by atoms with van der Waals surface area (Å²) < 4.78 is 5.41. The van der Waals surface area contributed by atoms with Crippen LogP contribution < -0.4 is 4.74 Å². The van der Waals surface area contributed by atoms with Crippen LogP contribution >= 0.6 is 0 Å². The van der Waals surface area contributed by atoms with Gasteiger partial charge in [-0.05, 0) is 30.5 Å². The molecule has 80 valence electrons. The Bertz CT molecular complexity index is 342. The molecule has 1 aromatic carbocycles. The Hall–Kier alpha value is -1.70. The predicted molar refractivity (Wildman–Crippen MR) is 62.3 cm³/mol. The first kappa shape index (κ1) is 11.4. The summed E-state index contributed by atoms with van der Waals surface area (Å²) in [7, 11) is 0. The van der Waals surface area contributed by atoms with Gasteiger partial charge < -0.3 is 9.84 Å². The molecular weight excluding hydrogens is 188 g/mol. The summed E-state index contributed by atoms with van der Waals surface area (Å²) in [6.45, 7) is 7.81. The second kappa shape index (κ2) is 5.91. The lowest BCUT2D eigenvalue weighted by atomic mass is 10.1. The van der Waals surface area contributed by atoms with Gasteiger partial charge >= 0.3 is 0 Å². The number of allylic oxidation sites excluding steroid dienone is 1. The zero-order valence-electron chi connectivity index (χ0n) is 8.78. The number of hydrogen-bond donors (Lipinski definition) is 1. The Labute approximate surface area is 90.5 Å². The summed E-state index contributed by atoms with van der Waals surface area (Å²) in [4.78, 5) is 0. The normalized spacial score (nSPS) is 9.60. The highest BCUT2D eigenvalue weighted by atomic mass is 16.5. The average Bonchev–Trinajstić information content (AvgIpc) is 2.23. The maximum atomic E-state index is 9.53. The highest BCUT2D eigenvalue weighted by Gasteiger charge is 2.02. The Morgan fingerprint density at radius 2 is 2.07 bits per heavy atom. The van der Waals surface area contributed by atoms with Gasteiger partial charge in [-0.1, -0.05) is 18.2 Å². The van der Waals surface area contributed by atoms with Gasteiger partial charge in [0.15, 0.2) is 11.5 Å². The van der Waals surface area contributed by atoms with Crippen LogP contribution in [-0.4, -0.2) is 11.7 Å². The van der Waals surface area contributed by atoms with E-state index < -0.39 is 0 Å². The smallest absolute Gasteiger partial charge is 0.161 e. The van der Waals surface area contributed by atoms with Crippen LogP contribution in [0.1, 0.15) is 12.0 Å². The van der Waals surface area contributed by atoms with E-state index in [0.717, 1.165) is 18.4 Å². The van der Waals surface area contributed by atoms with E-state index in [9.17, 15) is 5.11 Å². The molecule has 2 nitrogen and oxygen atoms in total. The fraction of sp³-hybridized carbons (Fsp3) is 0.231. The van der Waals surface area contributed by atoms with E-state index in [0.29, 0.717) is 12.4 Å². The third-order valence-corrected chi connectivity index (χ3v) is 1.98. The fourth-order valence-electron chi connectivity index (χ4n) is 1.22. The summed E-state index contributed by atoms with van der Waals surface area (Å²) in [5, 5.41) is 9.53. The molecule has 0 saturated heterocycles. The van der Waals surface area contributed by atoms with Gasteiger partial charge in [0.25, 0.3) is 0 Å². The summed E-state index contributed by atoms with van der Waals surface area (Å²) in [5.41, 5.74) is 1.08. The second-order valence-corrected chi connectivity index (χ2v) is 3.22. The number of phenolic OH excluding ortho intramolecular Hbond substituents is 1. The van der Waals surface area contributed by atoms with Gasteiger partial charge in [-0.25, -0.2) is 0 Å². The quantitative estimate of drug-likeness (QED) is 0.570. The van der Waals surface area contributed by atoms with Crippen molar-refractivity contribution in [3.63, 3.8) is 0 Å². The van der Waals surface area contributed by atoms with Gasteiger partial charge in [0.1, 0.15) is 0 Å². The van der Waals surface area contributed by atoms with Crippen LogP contribution in [0, 0.1) is 0 Å². The Morgan fingerprint density at radius 1 is 1.27 bits per heavy atom. The minimum absolute atomic E-state index is 0.173. The SMILES string of the molecule is C=CCCOc1cc(CC=C)ccc1O. The maximum Gasteiger partial charge on any atom is 0.161 e. The average molecular weight is 204 g/mol. The lowest BCUT2D eigenvalue weighted by Crippen LogP contribution is -1.96. The molecule has 0 spiro atoms. The molecule has 0 unspecified atom stereocenters. The van der Waals surface area contributed by atoms with Crippen LogP contribution in [-0.2, 0) is 6.42 Å². The minimum Gasteiger partial charge on any atom is -0.504 e. The summed E-state index contributed by atoms with van der Waals surface area (Å²) in [6, 6.07) is 5.33. The molecule has 0 aliphatic carbocycles. The summed E-state index contributed by atoms with van der Waals surface area (Å²) >= 11 is 0. The van der Waals surface area contributed by atoms with Crippen LogP contribution in [0.15, 0.2) is 43.5 Å². The van der Waals surface area contributed by atoms with Gasteiger partial charge in [0.2, 0.25) is 0 Å². The van der Waals surface area contributed by atoms with Crippen molar-refractivity contribution in [2.75, 3.05) is 6.61 Å². The largest absolute Gasteiger partial charge is 0.504 e. The maximum absolute atomic E-state index is 9.53. The van der Waals surface area contributed by atoms with Crippen molar-refractivity contribution in [3.05, 3.63) is 49.1 Å². The Kier molecular flexibility index (Phi) is 4.48. The molecule has 0 aliphatic heterocycles. The molecule has 0 heterocycles. The first-order valence-corrected chi connectivity index (χ1v) is 4.94. The molecular formula is C13H16O2. The van der Waals surface area contributed by atoms with Crippen molar-refractivity contribution in [3.8, 4) is 11.5 Å². The van der Waals surface area contributed by atoms with Crippen molar-refractivity contribution in [2.45, 2.75) is 12.8 Å². The van der Waals surface area contributed by atoms with Gasteiger partial charge in [-0.3, -0.25) is 0 Å². The van der Waals surface area contributed by atoms with Gasteiger partial charge in [0, 0.05) is 0 Å². The van der Waals surface area contributed by atoms with Crippen LogP contribution in [0.25, 0.3) is 0 Å². The van der Waals surface area contributed by atoms with Gasteiger partial charge in [-0.2, -0.15) is 0 Å². The van der Waals surface area contributed by atoms with E-state index >= 15 is 0 Å². The molecule has 0 fully saturated rings. The molecule has 1 N–H and O–H groups in total. The van der Waals surface area contributed by atoms with Crippen LogP contribution in [0.2, 0.25) is 0 Å². The standard InChI is InChI=1S/C13H16O2/c1-3-5-9-15-13-10-11(6-4-2)7-8-12(13)14/h3-4,7-8,10,14H,1-2,5-6,9H2. The van der Waals surface area contributed by atoms with Crippen LogP contribution in [0.3, 0.4) is 0 Å². The zero-order valence-corrected chi connectivity index (χ0v) is 8.78. The molecule has 0 aromatic heterocycles. The molecule has 0 radical (unpaired) electrons. The molecule has 0 aliphatic rings. The Balaban J connectivity index is 2.71. The minimum atomic E-state index is 0.173. The number of ether oxygens (including phenoxy) is 1. The van der Waals surface area contributed by atoms with E-state index in [4.69, 9.17) is 4.74 Å². The second-order valence-electron chi connectivity index (χ2n) is 3.22. The van der Waals surface area contributed by atoms with E-state index in [-0.39, 0.29) is 5.75 Å². The lowest BCUT2D eigenvalue weighted by molar-refractivity contribution is 0.305. The third kappa shape index (κ3) is 3.50. The molecule has 0 atom stereocenters. The summed E-state index contributed by atoms with van der Waals surface area (Å²) in [6.07, 6.45) is 5.15. The molecule has 15 heavy (non-hydrogen) atoms. The predicted octanol–water partition coefficient (Wildman–Crippen LogP) is 3.08. The first-order chi connectivity index (χ1) is 7.27. The highest BCUT2D eigenvalue weighted by molar-refractivity contribution is 5.42. The van der Waals surface area contributed by atoms with Crippen LogP contribution in [0.4, 0.5) is 0 Å². The number of rotatable bonds is 6. The fourth-order valence-corrected chi connectivity index (χ4v) is 1.22. The Morgan fingerprint density at radius 3 is 2.73 bits per heavy atom. The molecule has 0 bridgehead atoms. The van der Waals surface area contributed by atoms with Crippen LogP contribution in [0.5, 0.6) is 11.5 Å². The number of benzene rings is 1.